The van der Waals surface area contributed by atoms with Crippen molar-refractivity contribution in [1.29, 1.82) is 0 Å². The Hall–Kier alpha value is -3.30. The first kappa shape index (κ1) is 14.1. The molecule has 0 amide bonds. The van der Waals surface area contributed by atoms with Gasteiger partial charge in [-0.3, -0.25) is 25.0 Å². The van der Waals surface area contributed by atoms with Gasteiger partial charge in [-0.1, -0.05) is 0 Å². The molecule has 21 heavy (non-hydrogen) atoms. The minimum absolute atomic E-state index is 0.0209. The van der Waals surface area contributed by atoms with Crippen LogP contribution in [0.1, 0.15) is 5.69 Å². The number of aromatic nitrogens is 1. The van der Waals surface area contributed by atoms with Gasteiger partial charge in [-0.05, 0) is 0 Å². The van der Waals surface area contributed by atoms with E-state index in [0.29, 0.717) is 0 Å². The third-order valence-electron chi connectivity index (χ3n) is 2.46. The van der Waals surface area contributed by atoms with Crippen LogP contribution in [0.3, 0.4) is 0 Å². The van der Waals surface area contributed by atoms with Crippen LogP contribution in [0.15, 0.2) is 28.9 Å². The second-order valence-electron chi connectivity index (χ2n) is 3.97. The van der Waals surface area contributed by atoms with E-state index >= 15 is 0 Å². The third kappa shape index (κ3) is 3.18. The molecule has 2 aromatic rings. The predicted molar refractivity (Wildman–Crippen MR) is 66.6 cm³/mol. The molecule has 108 valence electrons. The van der Waals surface area contributed by atoms with E-state index in [9.17, 15) is 25.0 Å². The van der Waals surface area contributed by atoms with Gasteiger partial charge in [0, 0.05) is 12.1 Å². The van der Waals surface area contributed by atoms with Gasteiger partial charge >= 0.3 is 5.97 Å². The van der Waals surface area contributed by atoms with Crippen molar-refractivity contribution < 1.29 is 24.2 Å². The average molecular weight is 293 g/mol. The van der Waals surface area contributed by atoms with Crippen molar-refractivity contribution >= 4 is 17.3 Å². The first-order chi connectivity index (χ1) is 9.86. The zero-order valence-corrected chi connectivity index (χ0v) is 10.3. The molecule has 0 spiro atoms. The molecule has 0 fully saturated rings. The Balaban J connectivity index is 2.47. The molecule has 10 heteroatoms. The van der Waals surface area contributed by atoms with E-state index in [4.69, 9.17) is 9.52 Å². The zero-order valence-electron chi connectivity index (χ0n) is 10.3. The molecule has 2 rings (SSSR count). The highest BCUT2D eigenvalue weighted by atomic mass is 16.6. The Labute approximate surface area is 115 Å². The van der Waals surface area contributed by atoms with Crippen molar-refractivity contribution in [2.45, 2.75) is 6.42 Å². The fourth-order valence-electron chi connectivity index (χ4n) is 1.61. The Morgan fingerprint density at radius 3 is 2.24 bits per heavy atom. The van der Waals surface area contributed by atoms with Crippen molar-refractivity contribution in [2.75, 3.05) is 0 Å². The van der Waals surface area contributed by atoms with Gasteiger partial charge < -0.3 is 9.52 Å². The average Bonchev–Trinajstić information content (AvgIpc) is 2.85. The Kier molecular flexibility index (Phi) is 3.61. The number of carboxylic acid groups (broad SMARTS) is 1. The largest absolute Gasteiger partial charge is 0.481 e. The van der Waals surface area contributed by atoms with Crippen molar-refractivity contribution in [1.82, 2.24) is 4.98 Å². The van der Waals surface area contributed by atoms with E-state index in [1.165, 1.54) is 0 Å². The first-order valence-corrected chi connectivity index (χ1v) is 5.47. The van der Waals surface area contributed by atoms with Gasteiger partial charge in [0.2, 0.25) is 5.89 Å². The van der Waals surface area contributed by atoms with Gasteiger partial charge in [0.1, 0.15) is 6.26 Å². The summed E-state index contributed by atoms with van der Waals surface area (Å²) in [7, 11) is 0. The van der Waals surface area contributed by atoms with Crippen LogP contribution in [0.25, 0.3) is 11.5 Å². The van der Waals surface area contributed by atoms with Crippen LogP contribution >= 0.6 is 0 Å². The van der Waals surface area contributed by atoms with Crippen LogP contribution in [0.2, 0.25) is 0 Å². The van der Waals surface area contributed by atoms with Crippen molar-refractivity contribution in [2.24, 2.45) is 0 Å². The zero-order chi connectivity index (χ0) is 15.6. The molecule has 0 atom stereocenters. The van der Waals surface area contributed by atoms with Gasteiger partial charge in [-0.2, -0.15) is 0 Å². The van der Waals surface area contributed by atoms with Crippen LogP contribution in [-0.2, 0) is 11.2 Å². The minimum Gasteiger partial charge on any atom is -0.481 e. The maximum Gasteiger partial charge on any atom is 0.309 e. The maximum absolute atomic E-state index is 10.8. The predicted octanol–water partition coefficient (Wildman–Crippen LogP) is 1.79. The number of non-ortho nitro benzene ring substituents is 2. The van der Waals surface area contributed by atoms with Crippen molar-refractivity contribution in [3.8, 4) is 11.5 Å². The topological polar surface area (TPSA) is 150 Å². The van der Waals surface area contributed by atoms with Crippen LogP contribution in [0.4, 0.5) is 11.4 Å². The number of aliphatic carboxylic acids is 1. The number of oxazole rings is 1. The lowest BCUT2D eigenvalue weighted by molar-refractivity contribution is -0.394. The monoisotopic (exact) mass is 293 g/mol. The Bertz CT molecular complexity index is 705. The van der Waals surface area contributed by atoms with E-state index in [1.807, 2.05) is 0 Å². The lowest BCUT2D eigenvalue weighted by atomic mass is 10.1. The molecule has 1 aromatic heterocycles. The van der Waals surface area contributed by atoms with E-state index in [1.54, 1.807) is 0 Å². The van der Waals surface area contributed by atoms with E-state index in [-0.39, 0.29) is 23.6 Å². The maximum atomic E-state index is 10.8. The number of hydrogen-bond acceptors (Lipinski definition) is 7. The second-order valence-corrected chi connectivity index (χ2v) is 3.97. The first-order valence-electron chi connectivity index (χ1n) is 5.47. The van der Waals surface area contributed by atoms with Gasteiger partial charge in [-0.25, -0.2) is 4.98 Å². The summed E-state index contributed by atoms with van der Waals surface area (Å²) in [4.78, 5) is 34.3. The minimum atomic E-state index is -1.13. The summed E-state index contributed by atoms with van der Waals surface area (Å²) >= 11 is 0. The summed E-state index contributed by atoms with van der Waals surface area (Å²) in [6.07, 6.45) is 0.689. The highest BCUT2D eigenvalue weighted by molar-refractivity contribution is 5.70. The molecule has 0 aliphatic carbocycles. The van der Waals surface area contributed by atoms with Crippen molar-refractivity contribution in [3.05, 3.63) is 50.4 Å². The van der Waals surface area contributed by atoms with Crippen LogP contribution in [0, 0.1) is 20.2 Å². The molecule has 0 saturated heterocycles. The number of nitro groups is 2. The van der Waals surface area contributed by atoms with Crippen molar-refractivity contribution in [3.63, 3.8) is 0 Å². The number of nitrogens with zero attached hydrogens (tertiary/aromatic N) is 3. The van der Waals surface area contributed by atoms with Crippen LogP contribution in [-0.4, -0.2) is 25.9 Å². The normalized spacial score (nSPS) is 10.3. The summed E-state index contributed by atoms with van der Waals surface area (Å²) in [5.74, 6) is -1.25. The molecule has 0 bridgehead atoms. The Morgan fingerprint density at radius 2 is 1.76 bits per heavy atom. The van der Waals surface area contributed by atoms with E-state index in [0.717, 1.165) is 24.5 Å². The smallest absolute Gasteiger partial charge is 0.309 e. The SMILES string of the molecule is O=C(O)Cc1coc(-c2cc([N+](=O)[O-])cc([N+](=O)[O-])c2)n1. The number of hydrogen-bond donors (Lipinski definition) is 1. The number of carboxylic acids is 1. The van der Waals surface area contributed by atoms with Crippen LogP contribution < -0.4 is 0 Å². The summed E-state index contributed by atoms with van der Waals surface area (Å²) in [5, 5.41) is 30.1. The quantitative estimate of drug-likeness (QED) is 0.647. The number of benzene rings is 1. The molecular weight excluding hydrogens is 286 g/mol. The number of rotatable bonds is 5. The molecule has 0 aliphatic rings. The molecule has 0 unspecified atom stereocenters. The molecular formula is C11H7N3O7. The molecule has 1 aromatic carbocycles. The summed E-state index contributed by atoms with van der Waals surface area (Å²) < 4.78 is 5.00. The molecule has 10 nitrogen and oxygen atoms in total. The van der Waals surface area contributed by atoms with E-state index < -0.39 is 27.2 Å². The lowest BCUT2D eigenvalue weighted by Crippen LogP contribution is -2.00. The molecule has 0 aliphatic heterocycles. The number of nitro benzene ring substituents is 2. The highest BCUT2D eigenvalue weighted by Crippen LogP contribution is 2.29. The summed E-state index contributed by atoms with van der Waals surface area (Å²) in [6, 6.07) is 2.93. The summed E-state index contributed by atoms with van der Waals surface area (Å²) in [6.45, 7) is 0. The van der Waals surface area contributed by atoms with Gasteiger partial charge in [-0.15, -0.1) is 0 Å². The summed E-state index contributed by atoms with van der Waals surface area (Å²) in [5.41, 5.74) is -0.853. The fraction of sp³-hybridized carbons (Fsp3) is 0.0909. The van der Waals surface area contributed by atoms with Gasteiger partial charge in [0.05, 0.1) is 33.6 Å². The molecule has 0 radical (unpaired) electrons. The molecule has 1 heterocycles. The number of carbonyl (C=O) groups is 1. The van der Waals surface area contributed by atoms with Gasteiger partial charge in [0.15, 0.2) is 0 Å². The molecule has 0 saturated carbocycles. The van der Waals surface area contributed by atoms with Gasteiger partial charge in [0.25, 0.3) is 11.4 Å². The highest BCUT2D eigenvalue weighted by Gasteiger charge is 2.19. The van der Waals surface area contributed by atoms with Crippen LogP contribution in [0.5, 0.6) is 0 Å². The standard InChI is InChI=1S/C11H7N3O7/c15-10(16)3-7-5-21-11(12-7)6-1-8(13(17)18)4-9(2-6)14(19)20/h1-2,4-5H,3H2,(H,15,16). The fourth-order valence-corrected chi connectivity index (χ4v) is 1.61. The molecule has 1 N–H and O–H groups in total. The third-order valence-corrected chi connectivity index (χ3v) is 2.46. The lowest BCUT2D eigenvalue weighted by Gasteiger charge is -1.97. The Morgan fingerprint density at radius 1 is 1.19 bits per heavy atom. The van der Waals surface area contributed by atoms with E-state index in [2.05, 4.69) is 4.98 Å². The second kappa shape index (κ2) is 5.36.